The van der Waals surface area contributed by atoms with E-state index in [2.05, 4.69) is 5.32 Å². The van der Waals surface area contributed by atoms with Crippen molar-refractivity contribution >= 4 is 17.3 Å². The number of anilines is 1. The molecule has 0 aliphatic rings. The van der Waals surface area contributed by atoms with Gasteiger partial charge in [-0.05, 0) is 12.1 Å². The average Bonchev–Trinajstić information content (AvgIpc) is 2.42. The lowest BCUT2D eigenvalue weighted by atomic mass is 9.92. The van der Waals surface area contributed by atoms with E-state index in [1.54, 1.807) is 0 Å². The maximum absolute atomic E-state index is 13.7. The smallest absolute Gasteiger partial charge is 0.390 e. The van der Waals surface area contributed by atoms with Crippen molar-refractivity contribution in [2.24, 2.45) is 0 Å². The Labute approximate surface area is 130 Å². The van der Waals surface area contributed by atoms with Gasteiger partial charge in [0.05, 0.1) is 17.7 Å². The van der Waals surface area contributed by atoms with Gasteiger partial charge in [0.25, 0.3) is 5.60 Å². The minimum atomic E-state index is -6.10. The van der Waals surface area contributed by atoms with Gasteiger partial charge in [0.2, 0.25) is 0 Å². The fourth-order valence-corrected chi connectivity index (χ4v) is 1.76. The lowest BCUT2D eigenvalue weighted by Crippen LogP contribution is -2.54. The first kappa shape index (κ1) is 19.8. The van der Waals surface area contributed by atoms with Crippen molar-refractivity contribution in [3.8, 4) is 0 Å². The van der Waals surface area contributed by atoms with E-state index in [1.807, 2.05) is 0 Å². The Kier molecular flexibility index (Phi) is 5.76. The molecule has 0 amide bonds. The van der Waals surface area contributed by atoms with E-state index in [0.717, 1.165) is 0 Å². The Morgan fingerprint density at radius 2 is 1.61 bits per heavy atom. The highest BCUT2D eigenvalue weighted by Crippen LogP contribution is 2.50. The molecule has 0 saturated heterocycles. The second-order valence-electron chi connectivity index (χ2n) is 4.59. The number of benzene rings is 1. The Hall–Kier alpha value is -1.26. The molecule has 1 aromatic carbocycles. The van der Waals surface area contributed by atoms with Gasteiger partial charge in [-0.3, -0.25) is 0 Å². The molecule has 0 aromatic heterocycles. The van der Waals surface area contributed by atoms with Crippen LogP contribution in [0.4, 0.5) is 36.4 Å². The summed E-state index contributed by atoms with van der Waals surface area (Å²) < 4.78 is 89.7. The first-order valence-corrected chi connectivity index (χ1v) is 6.51. The Morgan fingerprint density at radius 3 is 2.00 bits per heavy atom. The third-order valence-corrected chi connectivity index (χ3v) is 3.27. The summed E-state index contributed by atoms with van der Waals surface area (Å²) in [4.78, 5) is 0. The van der Waals surface area contributed by atoms with Crippen LogP contribution >= 0.6 is 11.6 Å². The minimum Gasteiger partial charge on any atom is -0.390 e. The van der Waals surface area contributed by atoms with Crippen molar-refractivity contribution in [3.63, 3.8) is 0 Å². The molecule has 0 spiro atoms. The normalized spacial score (nSPS) is 14.7. The number of rotatable bonds is 5. The van der Waals surface area contributed by atoms with Gasteiger partial charge in [-0.1, -0.05) is 6.07 Å². The Bertz CT molecular complexity index is 533. The van der Waals surface area contributed by atoms with Crippen LogP contribution in [-0.2, 0) is 5.60 Å². The van der Waals surface area contributed by atoms with Crippen molar-refractivity contribution in [2.45, 2.75) is 24.1 Å². The summed E-state index contributed by atoms with van der Waals surface area (Å²) in [6, 6.07) is 0.809. The monoisotopic (exact) mass is 369 g/mol. The molecule has 0 bridgehead atoms. The van der Waals surface area contributed by atoms with Crippen LogP contribution in [0.5, 0.6) is 0 Å². The van der Waals surface area contributed by atoms with Crippen LogP contribution in [0.2, 0.25) is 0 Å². The molecular formula is C12H11ClF7NO2. The number of halogens is 8. The van der Waals surface area contributed by atoms with Gasteiger partial charge in [-0.2, -0.15) is 26.3 Å². The molecular weight excluding hydrogens is 359 g/mol. The van der Waals surface area contributed by atoms with Crippen molar-refractivity contribution in [3.05, 3.63) is 29.6 Å². The first-order chi connectivity index (χ1) is 10.3. The van der Waals surface area contributed by atoms with E-state index in [4.69, 9.17) is 21.8 Å². The highest BCUT2D eigenvalue weighted by molar-refractivity contribution is 6.18. The van der Waals surface area contributed by atoms with E-state index in [-0.39, 0.29) is 18.5 Å². The van der Waals surface area contributed by atoms with Crippen LogP contribution in [0, 0.1) is 5.82 Å². The zero-order chi connectivity index (χ0) is 18.1. The predicted molar refractivity (Wildman–Crippen MR) is 67.6 cm³/mol. The Morgan fingerprint density at radius 1 is 1.09 bits per heavy atom. The molecule has 0 aliphatic carbocycles. The van der Waals surface area contributed by atoms with Crippen LogP contribution in [0.25, 0.3) is 0 Å². The van der Waals surface area contributed by atoms with Crippen LogP contribution < -0.4 is 5.32 Å². The maximum Gasteiger partial charge on any atom is 0.430 e. The van der Waals surface area contributed by atoms with Crippen LogP contribution in [-0.4, -0.2) is 41.1 Å². The van der Waals surface area contributed by atoms with Crippen molar-refractivity contribution in [1.82, 2.24) is 0 Å². The van der Waals surface area contributed by atoms with Crippen LogP contribution in [0.3, 0.4) is 0 Å². The van der Waals surface area contributed by atoms with E-state index in [0.29, 0.717) is 12.1 Å². The molecule has 1 rings (SSSR count). The van der Waals surface area contributed by atoms with Gasteiger partial charge in [0, 0.05) is 12.1 Å². The van der Waals surface area contributed by atoms with Crippen molar-refractivity contribution in [2.75, 3.05) is 17.7 Å². The summed E-state index contributed by atoms with van der Waals surface area (Å²) >= 11 is 5.28. The summed E-state index contributed by atoms with van der Waals surface area (Å²) in [5.41, 5.74) is -7.36. The SMILES string of the molecule is OC(CCl)CNc1ccc(C(O)(C(F)(F)F)C(F)(F)F)cc1F. The number of nitrogens with one attached hydrogen (secondary N) is 1. The second kappa shape index (κ2) is 6.70. The van der Waals surface area contributed by atoms with Gasteiger partial charge in [-0.25, -0.2) is 4.39 Å². The molecule has 11 heteroatoms. The molecule has 1 atom stereocenters. The van der Waals surface area contributed by atoms with E-state index < -0.39 is 41.1 Å². The lowest BCUT2D eigenvalue weighted by Gasteiger charge is -2.32. The van der Waals surface area contributed by atoms with Crippen LogP contribution in [0.15, 0.2) is 18.2 Å². The van der Waals surface area contributed by atoms with E-state index in [1.165, 1.54) is 0 Å². The molecule has 0 heterocycles. The summed E-state index contributed by atoms with van der Waals surface area (Å²) in [6.07, 6.45) is -13.3. The predicted octanol–water partition coefficient (Wildman–Crippen LogP) is 3.15. The fraction of sp³-hybridized carbons (Fsp3) is 0.500. The highest BCUT2D eigenvalue weighted by Gasteiger charge is 2.71. The minimum absolute atomic E-state index is 0.0730. The van der Waals surface area contributed by atoms with Crippen molar-refractivity contribution < 1.29 is 40.9 Å². The topological polar surface area (TPSA) is 52.5 Å². The second-order valence-corrected chi connectivity index (χ2v) is 4.90. The van der Waals surface area contributed by atoms with Gasteiger partial charge in [0.1, 0.15) is 5.82 Å². The van der Waals surface area contributed by atoms with Gasteiger partial charge < -0.3 is 15.5 Å². The number of hydrogen-bond acceptors (Lipinski definition) is 3. The maximum atomic E-state index is 13.7. The molecule has 1 aromatic rings. The largest absolute Gasteiger partial charge is 0.430 e. The van der Waals surface area contributed by atoms with Gasteiger partial charge in [0.15, 0.2) is 0 Å². The third kappa shape index (κ3) is 3.99. The standard InChI is InChI=1S/C12H11ClF7NO2/c13-4-7(22)5-21-9-2-1-6(3-8(9)14)10(23,11(15,16)17)12(18,19)20/h1-3,7,21-23H,4-5H2. The summed E-state index contributed by atoms with van der Waals surface area (Å²) in [6.45, 7) is -0.275. The zero-order valence-electron chi connectivity index (χ0n) is 11.1. The zero-order valence-corrected chi connectivity index (χ0v) is 11.9. The van der Waals surface area contributed by atoms with Gasteiger partial charge in [-0.15, -0.1) is 11.6 Å². The molecule has 3 nitrogen and oxygen atoms in total. The number of alkyl halides is 7. The average molecular weight is 370 g/mol. The number of hydrogen-bond donors (Lipinski definition) is 3. The molecule has 0 radical (unpaired) electrons. The summed E-state index contributed by atoms with van der Waals surface area (Å²) in [7, 11) is 0. The van der Waals surface area contributed by atoms with Crippen molar-refractivity contribution in [1.29, 1.82) is 0 Å². The lowest BCUT2D eigenvalue weighted by molar-refractivity contribution is -0.376. The first-order valence-electron chi connectivity index (χ1n) is 5.98. The van der Waals surface area contributed by atoms with E-state index >= 15 is 0 Å². The molecule has 1 unspecified atom stereocenters. The molecule has 3 N–H and O–H groups in total. The fourth-order valence-electron chi connectivity index (χ4n) is 1.65. The number of aliphatic hydroxyl groups is 2. The van der Waals surface area contributed by atoms with Gasteiger partial charge >= 0.3 is 12.4 Å². The highest BCUT2D eigenvalue weighted by atomic mass is 35.5. The van der Waals surface area contributed by atoms with E-state index in [9.17, 15) is 30.7 Å². The Balaban J connectivity index is 3.21. The molecule has 0 fully saturated rings. The number of aliphatic hydroxyl groups excluding tert-OH is 1. The molecule has 23 heavy (non-hydrogen) atoms. The summed E-state index contributed by atoms with van der Waals surface area (Å²) in [5.74, 6) is -1.68. The molecule has 132 valence electrons. The molecule has 0 saturated carbocycles. The summed E-state index contributed by atoms with van der Waals surface area (Å²) in [5, 5.41) is 20.6. The third-order valence-electron chi connectivity index (χ3n) is 2.91. The molecule has 0 aliphatic heterocycles. The van der Waals surface area contributed by atoms with Crippen LogP contribution in [0.1, 0.15) is 5.56 Å². The quantitative estimate of drug-likeness (QED) is 0.552.